The van der Waals surface area contributed by atoms with E-state index in [2.05, 4.69) is 6.07 Å². The van der Waals surface area contributed by atoms with Crippen molar-refractivity contribution in [3.63, 3.8) is 0 Å². The fourth-order valence-corrected chi connectivity index (χ4v) is 1.69. The van der Waals surface area contributed by atoms with Crippen LogP contribution in [0.25, 0.3) is 0 Å². The molecule has 1 aromatic carbocycles. The van der Waals surface area contributed by atoms with E-state index in [1.807, 2.05) is 18.2 Å². The normalized spacial score (nSPS) is 16.8. The molecule has 1 aliphatic rings. The molecule has 0 bridgehead atoms. The summed E-state index contributed by atoms with van der Waals surface area (Å²) in [5.41, 5.74) is 0.122. The molecule has 0 spiro atoms. The molecule has 2 nitrogen and oxygen atoms in total. The van der Waals surface area contributed by atoms with E-state index in [0.717, 1.165) is 18.6 Å². The quantitative estimate of drug-likeness (QED) is 0.781. The van der Waals surface area contributed by atoms with Crippen LogP contribution in [0.4, 0.5) is 0 Å². The molecule has 0 heterocycles. The SMILES string of the molecule is N#CCC1(COc2cccc(Cl)c2)CC1. The largest absolute Gasteiger partial charge is 0.493 e. The van der Waals surface area contributed by atoms with Crippen molar-refractivity contribution >= 4 is 11.6 Å². The predicted molar refractivity (Wildman–Crippen MR) is 58.8 cm³/mol. The van der Waals surface area contributed by atoms with Gasteiger partial charge in [0.1, 0.15) is 5.75 Å². The Morgan fingerprint density at radius 1 is 1.47 bits per heavy atom. The lowest BCUT2D eigenvalue weighted by atomic mass is 10.1. The molecule has 0 aromatic heterocycles. The third kappa shape index (κ3) is 2.64. The molecule has 15 heavy (non-hydrogen) atoms. The molecule has 1 saturated carbocycles. The lowest BCUT2D eigenvalue weighted by molar-refractivity contribution is 0.237. The maximum absolute atomic E-state index is 8.66. The average molecular weight is 222 g/mol. The Kier molecular flexibility index (Phi) is 2.83. The number of ether oxygens (including phenoxy) is 1. The van der Waals surface area contributed by atoms with Gasteiger partial charge < -0.3 is 4.74 Å². The molecule has 78 valence electrons. The van der Waals surface area contributed by atoms with Crippen LogP contribution in [0.15, 0.2) is 24.3 Å². The number of benzene rings is 1. The van der Waals surface area contributed by atoms with Crippen molar-refractivity contribution in [2.24, 2.45) is 5.41 Å². The smallest absolute Gasteiger partial charge is 0.120 e. The first kappa shape index (κ1) is 10.3. The third-order valence-electron chi connectivity index (χ3n) is 2.75. The summed E-state index contributed by atoms with van der Waals surface area (Å²) < 4.78 is 5.63. The average Bonchev–Trinajstić information content (AvgIpc) is 2.97. The van der Waals surface area contributed by atoms with Gasteiger partial charge >= 0.3 is 0 Å². The summed E-state index contributed by atoms with van der Waals surface area (Å²) in [6, 6.07) is 9.57. The molecule has 0 radical (unpaired) electrons. The second-order valence-corrected chi connectivity index (χ2v) is 4.52. The van der Waals surface area contributed by atoms with Gasteiger partial charge in [0.15, 0.2) is 0 Å². The first-order valence-corrected chi connectivity index (χ1v) is 5.37. The summed E-state index contributed by atoms with van der Waals surface area (Å²) in [5.74, 6) is 0.784. The van der Waals surface area contributed by atoms with Crippen LogP contribution in [-0.2, 0) is 0 Å². The van der Waals surface area contributed by atoms with Gasteiger partial charge in [-0.15, -0.1) is 0 Å². The van der Waals surface area contributed by atoms with Gasteiger partial charge in [-0.2, -0.15) is 5.26 Å². The highest BCUT2D eigenvalue weighted by Crippen LogP contribution is 2.48. The summed E-state index contributed by atoms with van der Waals surface area (Å²) in [5, 5.41) is 9.33. The van der Waals surface area contributed by atoms with Crippen LogP contribution in [0.5, 0.6) is 5.75 Å². The van der Waals surface area contributed by atoms with Crippen LogP contribution in [0.1, 0.15) is 19.3 Å². The van der Waals surface area contributed by atoms with Crippen LogP contribution in [0.2, 0.25) is 5.02 Å². The number of hydrogen-bond acceptors (Lipinski definition) is 2. The summed E-state index contributed by atoms with van der Waals surface area (Å²) in [6.45, 7) is 0.626. The molecule has 0 atom stereocenters. The Labute approximate surface area is 94.4 Å². The van der Waals surface area contributed by atoms with Gasteiger partial charge in [0.25, 0.3) is 0 Å². The highest BCUT2D eigenvalue weighted by atomic mass is 35.5. The van der Waals surface area contributed by atoms with Crippen LogP contribution in [0, 0.1) is 16.7 Å². The second-order valence-electron chi connectivity index (χ2n) is 4.08. The minimum absolute atomic E-state index is 0.122. The lowest BCUT2D eigenvalue weighted by Crippen LogP contribution is -2.12. The number of nitrogens with zero attached hydrogens (tertiary/aromatic N) is 1. The third-order valence-corrected chi connectivity index (χ3v) is 2.99. The van der Waals surface area contributed by atoms with E-state index < -0.39 is 0 Å². The zero-order chi connectivity index (χ0) is 10.7. The van der Waals surface area contributed by atoms with Crippen LogP contribution < -0.4 is 4.74 Å². The number of rotatable bonds is 4. The highest BCUT2D eigenvalue weighted by Gasteiger charge is 2.43. The van der Waals surface area contributed by atoms with Crippen molar-refractivity contribution in [3.8, 4) is 11.8 Å². The van der Waals surface area contributed by atoms with Gasteiger partial charge in [0, 0.05) is 16.9 Å². The van der Waals surface area contributed by atoms with E-state index in [1.54, 1.807) is 6.07 Å². The number of hydrogen-bond donors (Lipinski definition) is 0. The molecule has 1 aromatic rings. The first-order valence-electron chi connectivity index (χ1n) is 4.99. The van der Waals surface area contributed by atoms with Gasteiger partial charge in [-0.1, -0.05) is 17.7 Å². The minimum Gasteiger partial charge on any atom is -0.493 e. The van der Waals surface area contributed by atoms with E-state index in [0.29, 0.717) is 18.1 Å². The second kappa shape index (κ2) is 4.12. The molecule has 3 heteroatoms. The molecule has 0 saturated heterocycles. The predicted octanol–water partition coefficient (Wildman–Crippen LogP) is 3.41. The molecule has 0 amide bonds. The topological polar surface area (TPSA) is 33.0 Å². The Bertz CT molecular complexity index is 393. The van der Waals surface area contributed by atoms with Gasteiger partial charge in [-0.25, -0.2) is 0 Å². The van der Waals surface area contributed by atoms with Gasteiger partial charge in [-0.05, 0) is 31.0 Å². The van der Waals surface area contributed by atoms with E-state index >= 15 is 0 Å². The standard InChI is InChI=1S/C12H12ClNO/c13-10-2-1-3-11(8-10)15-9-12(4-5-12)6-7-14/h1-3,8H,4-6,9H2. The maximum Gasteiger partial charge on any atom is 0.120 e. The van der Waals surface area contributed by atoms with Crippen LogP contribution in [-0.4, -0.2) is 6.61 Å². The zero-order valence-electron chi connectivity index (χ0n) is 8.37. The van der Waals surface area contributed by atoms with E-state index in [1.165, 1.54) is 0 Å². The summed E-state index contributed by atoms with van der Waals surface area (Å²) in [6.07, 6.45) is 2.79. The van der Waals surface area contributed by atoms with Crippen molar-refractivity contribution < 1.29 is 4.74 Å². The molecular formula is C12H12ClNO. The molecule has 2 rings (SSSR count). The highest BCUT2D eigenvalue weighted by molar-refractivity contribution is 6.30. The molecule has 0 unspecified atom stereocenters. The zero-order valence-corrected chi connectivity index (χ0v) is 9.13. The first-order chi connectivity index (χ1) is 7.24. The molecular weight excluding hydrogens is 210 g/mol. The molecule has 1 fully saturated rings. The Hall–Kier alpha value is -1.20. The van der Waals surface area contributed by atoms with Crippen molar-refractivity contribution in [1.29, 1.82) is 5.26 Å². The Morgan fingerprint density at radius 3 is 2.87 bits per heavy atom. The lowest BCUT2D eigenvalue weighted by Gasteiger charge is -2.12. The maximum atomic E-state index is 8.66. The molecule has 1 aliphatic carbocycles. The molecule has 0 aliphatic heterocycles. The minimum atomic E-state index is 0.122. The summed E-state index contributed by atoms with van der Waals surface area (Å²) >= 11 is 5.84. The van der Waals surface area contributed by atoms with E-state index in [-0.39, 0.29) is 5.41 Å². The number of halogens is 1. The summed E-state index contributed by atoms with van der Waals surface area (Å²) in [4.78, 5) is 0. The van der Waals surface area contributed by atoms with Gasteiger partial charge in [0.05, 0.1) is 12.7 Å². The van der Waals surface area contributed by atoms with E-state index in [4.69, 9.17) is 21.6 Å². The van der Waals surface area contributed by atoms with Crippen molar-refractivity contribution in [1.82, 2.24) is 0 Å². The fraction of sp³-hybridized carbons (Fsp3) is 0.417. The van der Waals surface area contributed by atoms with Crippen molar-refractivity contribution in [3.05, 3.63) is 29.3 Å². The Balaban J connectivity index is 1.91. The number of nitriles is 1. The summed E-state index contributed by atoms with van der Waals surface area (Å²) in [7, 11) is 0. The van der Waals surface area contributed by atoms with E-state index in [9.17, 15) is 0 Å². The monoisotopic (exact) mass is 221 g/mol. The van der Waals surface area contributed by atoms with Gasteiger partial charge in [0.2, 0.25) is 0 Å². The fourth-order valence-electron chi connectivity index (χ4n) is 1.51. The van der Waals surface area contributed by atoms with Crippen molar-refractivity contribution in [2.45, 2.75) is 19.3 Å². The van der Waals surface area contributed by atoms with Crippen LogP contribution >= 0.6 is 11.6 Å². The van der Waals surface area contributed by atoms with Gasteiger partial charge in [-0.3, -0.25) is 0 Å². The molecule has 0 N–H and O–H groups in total. The van der Waals surface area contributed by atoms with Crippen molar-refractivity contribution in [2.75, 3.05) is 6.61 Å². The van der Waals surface area contributed by atoms with Crippen LogP contribution in [0.3, 0.4) is 0 Å². The Morgan fingerprint density at radius 2 is 2.27 bits per heavy atom.